The number of halogens is 1. The second-order valence-corrected chi connectivity index (χ2v) is 10.3. The van der Waals surface area contributed by atoms with Crippen molar-refractivity contribution in [2.75, 3.05) is 0 Å². The van der Waals surface area contributed by atoms with Crippen molar-refractivity contribution in [3.05, 3.63) is 172 Å². The molecule has 0 aliphatic carbocycles. The van der Waals surface area contributed by atoms with Gasteiger partial charge in [-0.15, -0.1) is 0 Å². The molecule has 1 aliphatic heterocycles. The normalized spacial score (nSPS) is 13.8. The summed E-state index contributed by atoms with van der Waals surface area (Å²) < 4.78 is 2.49. The summed E-state index contributed by atoms with van der Waals surface area (Å²) in [5.41, 5.74) is 7.42. The summed E-state index contributed by atoms with van der Waals surface area (Å²) in [7, 11) is 0. The van der Waals surface area contributed by atoms with Gasteiger partial charge < -0.3 is 0 Å². The fraction of sp³-hybridized carbons (Fsp3) is 0.114. The molecule has 0 radical (unpaired) electrons. The molecule has 0 saturated heterocycles. The van der Waals surface area contributed by atoms with E-state index in [0.29, 0.717) is 0 Å². The van der Waals surface area contributed by atoms with Crippen LogP contribution in [0.1, 0.15) is 33.9 Å². The SMILES string of the molecule is Clc1ccc2c(c1)C(Cc1ccccc1)(Cc1ccccc1)C=[N+]2C(c1ccccc1)c1ccccc1. The summed E-state index contributed by atoms with van der Waals surface area (Å²) in [6.45, 7) is 0. The third kappa shape index (κ3) is 4.75. The molecule has 1 nitrogen and oxygen atoms in total. The number of fused-ring (bicyclic) bond motifs is 1. The van der Waals surface area contributed by atoms with Gasteiger partial charge in [0, 0.05) is 27.8 Å². The molecule has 0 bridgehead atoms. The Morgan fingerprint density at radius 1 is 0.568 bits per heavy atom. The van der Waals surface area contributed by atoms with Gasteiger partial charge in [-0.25, -0.2) is 0 Å². The monoisotopic (exact) mass is 498 g/mol. The predicted molar refractivity (Wildman–Crippen MR) is 154 cm³/mol. The summed E-state index contributed by atoms with van der Waals surface area (Å²) in [5, 5.41) is 0.774. The molecule has 5 aromatic rings. The van der Waals surface area contributed by atoms with Crippen LogP contribution in [0.3, 0.4) is 0 Å². The number of hydrogen-bond acceptors (Lipinski definition) is 0. The highest BCUT2D eigenvalue weighted by Gasteiger charge is 2.47. The molecule has 6 rings (SSSR count). The lowest BCUT2D eigenvalue weighted by Crippen LogP contribution is -2.32. The minimum absolute atomic E-state index is 0.0516. The van der Waals surface area contributed by atoms with Gasteiger partial charge in [-0.05, 0) is 36.1 Å². The third-order valence-corrected chi connectivity index (χ3v) is 7.63. The highest BCUT2D eigenvalue weighted by molar-refractivity contribution is 6.30. The first-order valence-corrected chi connectivity index (χ1v) is 13.2. The van der Waals surface area contributed by atoms with Gasteiger partial charge in [0.1, 0.15) is 0 Å². The third-order valence-electron chi connectivity index (χ3n) is 7.39. The van der Waals surface area contributed by atoms with E-state index in [4.69, 9.17) is 11.6 Å². The Morgan fingerprint density at radius 2 is 1.03 bits per heavy atom. The zero-order valence-electron chi connectivity index (χ0n) is 20.7. The Bertz CT molecular complexity index is 1430. The molecule has 0 spiro atoms. The van der Waals surface area contributed by atoms with Crippen molar-refractivity contribution < 1.29 is 4.58 Å². The molecule has 37 heavy (non-hydrogen) atoms. The maximum atomic E-state index is 6.69. The van der Waals surface area contributed by atoms with E-state index in [2.05, 4.69) is 144 Å². The molecule has 5 aromatic carbocycles. The first-order valence-electron chi connectivity index (χ1n) is 12.8. The van der Waals surface area contributed by atoms with Crippen LogP contribution in [0.25, 0.3) is 0 Å². The molecule has 0 unspecified atom stereocenters. The van der Waals surface area contributed by atoms with Crippen LogP contribution in [-0.2, 0) is 18.3 Å². The van der Waals surface area contributed by atoms with Gasteiger partial charge in [-0.2, -0.15) is 4.58 Å². The van der Waals surface area contributed by atoms with Crippen molar-refractivity contribution in [1.29, 1.82) is 0 Å². The van der Waals surface area contributed by atoms with Gasteiger partial charge in [-0.3, -0.25) is 0 Å². The maximum absolute atomic E-state index is 6.69. The minimum Gasteiger partial charge on any atom is -0.190 e. The van der Waals surface area contributed by atoms with E-state index in [9.17, 15) is 0 Å². The molecule has 0 fully saturated rings. The van der Waals surface area contributed by atoms with Crippen LogP contribution in [0.2, 0.25) is 5.02 Å². The molecule has 0 N–H and O–H groups in total. The first kappa shape index (κ1) is 23.5. The largest absolute Gasteiger partial charge is 0.210 e. The Hall–Kier alpha value is -3.94. The molecule has 0 atom stereocenters. The van der Waals surface area contributed by atoms with Crippen LogP contribution in [0, 0.1) is 0 Å². The highest BCUT2D eigenvalue weighted by atomic mass is 35.5. The first-order chi connectivity index (χ1) is 18.2. The fourth-order valence-corrected chi connectivity index (χ4v) is 5.97. The molecule has 1 heterocycles. The number of nitrogens with zero attached hydrogens (tertiary/aromatic N) is 1. The summed E-state index contributed by atoms with van der Waals surface area (Å²) >= 11 is 6.69. The molecule has 180 valence electrons. The summed E-state index contributed by atoms with van der Waals surface area (Å²) in [4.78, 5) is 0. The Balaban J connectivity index is 1.59. The second-order valence-electron chi connectivity index (χ2n) is 9.90. The lowest BCUT2D eigenvalue weighted by molar-refractivity contribution is -0.472. The molecule has 0 saturated carbocycles. The summed E-state index contributed by atoms with van der Waals surface area (Å²) in [5.74, 6) is 0. The van der Waals surface area contributed by atoms with Crippen molar-refractivity contribution in [2.24, 2.45) is 0 Å². The van der Waals surface area contributed by atoms with E-state index in [0.717, 1.165) is 17.9 Å². The summed E-state index contributed by atoms with van der Waals surface area (Å²) in [6, 6.07) is 49.7. The van der Waals surface area contributed by atoms with E-state index in [1.807, 2.05) is 6.07 Å². The molecule has 0 amide bonds. The molecular formula is C35H29ClN+. The maximum Gasteiger partial charge on any atom is 0.210 e. The van der Waals surface area contributed by atoms with E-state index >= 15 is 0 Å². The minimum atomic E-state index is -0.245. The van der Waals surface area contributed by atoms with Crippen LogP contribution in [0.15, 0.2) is 140 Å². The number of hydrogen-bond donors (Lipinski definition) is 0. The Labute approximate surface area is 224 Å². The Kier molecular flexibility index (Phi) is 6.47. The topological polar surface area (TPSA) is 3.01 Å². The fourth-order valence-electron chi connectivity index (χ4n) is 5.80. The molecule has 0 aromatic heterocycles. The Morgan fingerprint density at radius 3 is 1.51 bits per heavy atom. The molecule has 1 aliphatic rings. The lowest BCUT2D eigenvalue weighted by Gasteiger charge is -2.25. The number of rotatable bonds is 7. The van der Waals surface area contributed by atoms with Crippen LogP contribution >= 0.6 is 11.6 Å². The highest BCUT2D eigenvalue weighted by Crippen LogP contribution is 2.46. The van der Waals surface area contributed by atoms with Crippen molar-refractivity contribution in [3.63, 3.8) is 0 Å². The molecule has 2 heteroatoms. The number of benzene rings is 5. The summed E-state index contributed by atoms with van der Waals surface area (Å²) in [6.07, 6.45) is 4.27. The van der Waals surface area contributed by atoms with Gasteiger partial charge >= 0.3 is 0 Å². The van der Waals surface area contributed by atoms with E-state index in [1.165, 1.54) is 33.5 Å². The van der Waals surface area contributed by atoms with Gasteiger partial charge in [0.15, 0.2) is 6.21 Å². The van der Waals surface area contributed by atoms with E-state index < -0.39 is 0 Å². The second kappa shape index (κ2) is 10.2. The lowest BCUT2D eigenvalue weighted by atomic mass is 9.73. The van der Waals surface area contributed by atoms with Gasteiger partial charge in [-0.1, -0.05) is 133 Å². The van der Waals surface area contributed by atoms with Crippen LogP contribution in [0.5, 0.6) is 0 Å². The average molecular weight is 499 g/mol. The zero-order chi connectivity index (χ0) is 25.1. The van der Waals surface area contributed by atoms with Gasteiger partial charge in [0.05, 0.1) is 5.41 Å². The van der Waals surface area contributed by atoms with Crippen LogP contribution < -0.4 is 0 Å². The standard InChI is InChI=1S/C35H29ClN/c36-31-21-22-33-32(23-31)35(24-27-13-5-1-6-14-27,25-28-15-7-2-8-16-28)26-37(33)34(29-17-9-3-10-18-29)30-19-11-4-12-20-30/h1-23,26,34H,24-25H2/q+1. The van der Waals surface area contributed by atoms with Gasteiger partial charge in [0.2, 0.25) is 11.7 Å². The zero-order valence-corrected chi connectivity index (χ0v) is 21.4. The van der Waals surface area contributed by atoms with Crippen molar-refractivity contribution in [3.8, 4) is 0 Å². The van der Waals surface area contributed by atoms with E-state index in [-0.39, 0.29) is 11.5 Å². The van der Waals surface area contributed by atoms with Gasteiger partial charge in [0.25, 0.3) is 0 Å². The van der Waals surface area contributed by atoms with Crippen molar-refractivity contribution >= 4 is 23.5 Å². The smallest absolute Gasteiger partial charge is 0.190 e. The molecular weight excluding hydrogens is 470 g/mol. The van der Waals surface area contributed by atoms with Crippen molar-refractivity contribution in [1.82, 2.24) is 0 Å². The van der Waals surface area contributed by atoms with Crippen LogP contribution in [0.4, 0.5) is 5.69 Å². The predicted octanol–water partition coefficient (Wildman–Crippen LogP) is 8.58. The average Bonchev–Trinajstić information content (AvgIpc) is 3.23. The quantitative estimate of drug-likeness (QED) is 0.198. The van der Waals surface area contributed by atoms with Crippen molar-refractivity contribution in [2.45, 2.75) is 24.3 Å². The van der Waals surface area contributed by atoms with Crippen LogP contribution in [-0.4, -0.2) is 10.8 Å². The van der Waals surface area contributed by atoms with E-state index in [1.54, 1.807) is 0 Å².